The van der Waals surface area contributed by atoms with Crippen LogP contribution in [0.5, 0.6) is 0 Å². The highest BCUT2D eigenvalue weighted by Gasteiger charge is 2.08. The van der Waals surface area contributed by atoms with Crippen LogP contribution in [0.3, 0.4) is 0 Å². The van der Waals surface area contributed by atoms with Gasteiger partial charge in [-0.25, -0.2) is 0 Å². The molecule has 6 nitrogen and oxygen atoms in total. The summed E-state index contributed by atoms with van der Waals surface area (Å²) >= 11 is 0. The summed E-state index contributed by atoms with van der Waals surface area (Å²) in [6, 6.07) is 0. The first kappa shape index (κ1) is 16.7. The third-order valence-electron chi connectivity index (χ3n) is 1.03. The smallest absolute Gasteiger partial charge is 0.324 e. The van der Waals surface area contributed by atoms with Gasteiger partial charge in [0.05, 0.1) is 0 Å². The minimum absolute atomic E-state index is 0.00694. The summed E-state index contributed by atoms with van der Waals surface area (Å²) < 4.78 is 19.9. The summed E-state index contributed by atoms with van der Waals surface area (Å²) in [6.07, 6.45) is 1.11. The molecule has 0 unspecified atom stereocenters. The summed E-state index contributed by atoms with van der Waals surface area (Å²) in [5.74, 6) is 0. The minimum Gasteiger partial charge on any atom is -0.324 e. The van der Waals surface area contributed by atoms with Gasteiger partial charge in [-0.05, 0) is 12.8 Å². The van der Waals surface area contributed by atoms with Crippen LogP contribution >= 0.6 is 15.2 Å². The molecule has 0 heterocycles. The van der Waals surface area contributed by atoms with Crippen molar-refractivity contribution in [1.82, 2.24) is 0 Å². The van der Waals surface area contributed by atoms with Gasteiger partial charge in [0.2, 0.25) is 0 Å². The highest BCUT2D eigenvalue weighted by atomic mass is 31.2. The third kappa shape index (κ3) is 22.8. The van der Waals surface area contributed by atoms with E-state index in [9.17, 15) is 9.13 Å². The fraction of sp³-hybridized carbons (Fsp3) is 1.00. The van der Waals surface area contributed by atoms with Crippen molar-refractivity contribution >= 4 is 15.2 Å². The van der Waals surface area contributed by atoms with Crippen LogP contribution in [-0.2, 0) is 9.13 Å². The molecular weight excluding hydrogens is 230 g/mol. The van der Waals surface area contributed by atoms with Gasteiger partial charge in [-0.2, -0.15) is 0 Å². The van der Waals surface area contributed by atoms with E-state index in [0.29, 0.717) is 12.8 Å². The zero-order chi connectivity index (χ0) is 11.8. The molecule has 0 fully saturated rings. The Bertz CT molecular complexity index is 192. The molecule has 4 N–H and O–H groups in total. The Morgan fingerprint density at radius 3 is 1.00 bits per heavy atom. The maximum absolute atomic E-state index is 9.93. The molecule has 0 bridgehead atoms. The van der Waals surface area contributed by atoms with Crippen LogP contribution in [0.15, 0.2) is 0 Å². The van der Waals surface area contributed by atoms with Gasteiger partial charge >= 0.3 is 15.2 Å². The van der Waals surface area contributed by atoms with Gasteiger partial charge in [0.15, 0.2) is 0 Å². The predicted molar refractivity (Wildman–Crippen MR) is 54.4 cm³/mol. The van der Waals surface area contributed by atoms with Crippen molar-refractivity contribution in [3.63, 3.8) is 0 Å². The maximum atomic E-state index is 9.93. The minimum atomic E-state index is -3.67. The van der Waals surface area contributed by atoms with Gasteiger partial charge in [0, 0.05) is 12.3 Å². The molecule has 0 aliphatic rings. The fourth-order valence-corrected chi connectivity index (χ4v) is 1.75. The van der Waals surface area contributed by atoms with Crippen molar-refractivity contribution in [1.29, 1.82) is 0 Å². The van der Waals surface area contributed by atoms with Crippen LogP contribution < -0.4 is 0 Å². The first-order chi connectivity index (χ1) is 6.12. The quantitative estimate of drug-likeness (QED) is 0.554. The average Bonchev–Trinajstić information content (AvgIpc) is 1.81. The highest BCUT2D eigenvalue weighted by Crippen LogP contribution is 2.34. The van der Waals surface area contributed by atoms with E-state index in [4.69, 9.17) is 19.6 Å². The molecule has 8 heteroatoms. The van der Waals surface area contributed by atoms with E-state index in [0.717, 1.165) is 0 Å². The van der Waals surface area contributed by atoms with Crippen LogP contribution in [0, 0.1) is 0 Å². The monoisotopic (exact) mass is 248 g/mol. The first-order valence-corrected chi connectivity index (χ1v) is 7.81. The van der Waals surface area contributed by atoms with E-state index < -0.39 is 15.2 Å². The largest absolute Gasteiger partial charge is 0.325 e. The van der Waals surface area contributed by atoms with Crippen molar-refractivity contribution in [3.05, 3.63) is 0 Å². The van der Waals surface area contributed by atoms with E-state index in [-0.39, 0.29) is 12.3 Å². The topological polar surface area (TPSA) is 115 Å². The van der Waals surface area contributed by atoms with Crippen LogP contribution in [0.2, 0.25) is 0 Å². The molecule has 0 spiro atoms. The van der Waals surface area contributed by atoms with E-state index in [2.05, 4.69) is 0 Å². The summed E-state index contributed by atoms with van der Waals surface area (Å²) in [5.41, 5.74) is 0. The SMILES string of the molecule is CCCP(=O)(O)O.CCCP(=O)(O)O. The van der Waals surface area contributed by atoms with Gasteiger partial charge in [-0.15, -0.1) is 0 Å². The fourth-order valence-electron chi connectivity index (χ4n) is 0.583. The van der Waals surface area contributed by atoms with Gasteiger partial charge in [-0.3, -0.25) is 9.13 Å². The van der Waals surface area contributed by atoms with Crippen molar-refractivity contribution in [3.8, 4) is 0 Å². The van der Waals surface area contributed by atoms with E-state index in [1.807, 2.05) is 0 Å². The van der Waals surface area contributed by atoms with Gasteiger partial charge in [0.25, 0.3) is 0 Å². The Morgan fingerprint density at radius 1 is 0.786 bits per heavy atom. The summed E-state index contributed by atoms with van der Waals surface area (Å²) in [7, 11) is -7.33. The zero-order valence-corrected chi connectivity index (χ0v) is 10.1. The molecule has 0 aromatic carbocycles. The Balaban J connectivity index is 0. The molecule has 14 heavy (non-hydrogen) atoms. The molecule has 0 aliphatic carbocycles. The molecule has 0 amide bonds. The van der Waals surface area contributed by atoms with Crippen molar-refractivity contribution in [2.45, 2.75) is 26.7 Å². The lowest BCUT2D eigenvalue weighted by Crippen LogP contribution is -1.82. The second kappa shape index (κ2) is 7.57. The Morgan fingerprint density at radius 2 is 1.00 bits per heavy atom. The molecule has 0 rings (SSSR count). The molecule has 0 aromatic heterocycles. The summed E-state index contributed by atoms with van der Waals surface area (Å²) in [5, 5.41) is 0. The van der Waals surface area contributed by atoms with Gasteiger partial charge in [-0.1, -0.05) is 13.8 Å². The Labute approximate surface area is 83.7 Å². The van der Waals surface area contributed by atoms with Crippen molar-refractivity contribution < 1.29 is 28.7 Å². The number of hydrogen-bond donors (Lipinski definition) is 4. The first-order valence-electron chi connectivity index (χ1n) is 4.21. The van der Waals surface area contributed by atoms with Crippen LogP contribution in [-0.4, -0.2) is 31.9 Å². The van der Waals surface area contributed by atoms with Crippen LogP contribution in [0.1, 0.15) is 26.7 Å². The molecule has 0 aromatic rings. The van der Waals surface area contributed by atoms with Gasteiger partial charge in [0.1, 0.15) is 0 Å². The van der Waals surface area contributed by atoms with Crippen molar-refractivity contribution in [2.75, 3.05) is 12.3 Å². The zero-order valence-electron chi connectivity index (χ0n) is 8.33. The second-order valence-corrected chi connectivity index (χ2v) is 6.33. The molecule has 0 saturated heterocycles. The molecule has 0 aliphatic heterocycles. The lowest BCUT2D eigenvalue weighted by molar-refractivity contribution is 0.370. The Hall–Kier alpha value is 0.300. The maximum Gasteiger partial charge on any atom is 0.325 e. The molecular formula is C6H18O6P2. The Kier molecular flexibility index (Phi) is 9.04. The lowest BCUT2D eigenvalue weighted by atomic mass is 10.6. The van der Waals surface area contributed by atoms with Crippen LogP contribution in [0.4, 0.5) is 0 Å². The van der Waals surface area contributed by atoms with Crippen molar-refractivity contribution in [2.24, 2.45) is 0 Å². The molecule has 0 atom stereocenters. The number of hydrogen-bond acceptors (Lipinski definition) is 2. The third-order valence-corrected chi connectivity index (χ3v) is 3.09. The molecule has 88 valence electrons. The predicted octanol–water partition coefficient (Wildman–Crippen LogP) is 1.15. The second-order valence-electron chi connectivity index (χ2n) is 2.78. The normalized spacial score (nSPS) is 11.9. The molecule has 0 radical (unpaired) electrons. The molecule has 0 saturated carbocycles. The summed E-state index contributed by atoms with van der Waals surface area (Å²) in [4.78, 5) is 32.5. The highest BCUT2D eigenvalue weighted by molar-refractivity contribution is 7.51. The standard InChI is InChI=1S/2C3H9O3P/c2*1-2-3-7(4,5)6/h2*2-3H2,1H3,(H2,4,5,6). The van der Waals surface area contributed by atoms with Crippen LogP contribution in [0.25, 0.3) is 0 Å². The van der Waals surface area contributed by atoms with Gasteiger partial charge < -0.3 is 19.6 Å². The number of rotatable bonds is 4. The summed E-state index contributed by atoms with van der Waals surface area (Å²) in [6.45, 7) is 3.47. The lowest BCUT2D eigenvalue weighted by Gasteiger charge is -1.96. The van der Waals surface area contributed by atoms with E-state index in [1.54, 1.807) is 13.8 Å². The van der Waals surface area contributed by atoms with E-state index >= 15 is 0 Å². The average molecular weight is 248 g/mol. The van der Waals surface area contributed by atoms with E-state index in [1.165, 1.54) is 0 Å².